The van der Waals surface area contributed by atoms with Crippen molar-refractivity contribution in [3.05, 3.63) is 41.5 Å². The second-order valence-corrected chi connectivity index (χ2v) is 3.58. The van der Waals surface area contributed by atoms with Crippen LogP contribution in [0.4, 0.5) is 0 Å². The average molecular weight is 269 g/mol. The lowest BCUT2D eigenvalue weighted by Crippen LogP contribution is -1.96. The standard InChI is InChI=1S/C12H13BrO2/c1-15-12(14)8-4-7-10-5-2-3-6-11(10)9-13/h2-7H,8-9H2,1H3. The minimum absolute atomic E-state index is 0.220. The smallest absolute Gasteiger partial charge is 0.309 e. The van der Waals surface area contributed by atoms with Crippen molar-refractivity contribution < 1.29 is 9.53 Å². The van der Waals surface area contributed by atoms with Gasteiger partial charge < -0.3 is 4.74 Å². The van der Waals surface area contributed by atoms with Crippen LogP contribution in [0.15, 0.2) is 30.3 Å². The zero-order chi connectivity index (χ0) is 11.1. The first-order chi connectivity index (χ1) is 7.27. The summed E-state index contributed by atoms with van der Waals surface area (Å²) in [5.41, 5.74) is 2.33. The summed E-state index contributed by atoms with van der Waals surface area (Å²) in [7, 11) is 1.39. The second kappa shape index (κ2) is 6.40. The SMILES string of the molecule is COC(=O)CC=Cc1ccccc1CBr. The molecule has 0 N–H and O–H groups in total. The third-order valence-electron chi connectivity index (χ3n) is 2.01. The maximum atomic E-state index is 10.9. The van der Waals surface area contributed by atoms with Crippen LogP contribution >= 0.6 is 15.9 Å². The van der Waals surface area contributed by atoms with Gasteiger partial charge in [0.15, 0.2) is 0 Å². The van der Waals surface area contributed by atoms with E-state index in [4.69, 9.17) is 0 Å². The summed E-state index contributed by atoms with van der Waals surface area (Å²) in [6.07, 6.45) is 4.06. The molecule has 0 aliphatic carbocycles. The molecule has 0 aromatic heterocycles. The highest BCUT2D eigenvalue weighted by molar-refractivity contribution is 9.08. The van der Waals surface area contributed by atoms with Crippen molar-refractivity contribution in [1.82, 2.24) is 0 Å². The molecule has 0 fully saturated rings. The number of benzene rings is 1. The average Bonchev–Trinajstić information content (AvgIpc) is 2.29. The molecule has 0 saturated heterocycles. The van der Waals surface area contributed by atoms with Crippen LogP contribution in [0.25, 0.3) is 6.08 Å². The first-order valence-electron chi connectivity index (χ1n) is 4.65. The third kappa shape index (κ3) is 3.88. The van der Waals surface area contributed by atoms with Gasteiger partial charge in [-0.2, -0.15) is 0 Å². The fourth-order valence-electron chi connectivity index (χ4n) is 1.18. The molecule has 0 heterocycles. The number of carbonyl (C=O) groups is 1. The number of rotatable bonds is 4. The van der Waals surface area contributed by atoms with Crippen molar-refractivity contribution in [2.45, 2.75) is 11.8 Å². The number of methoxy groups -OCH3 is 1. The molecule has 0 bridgehead atoms. The van der Waals surface area contributed by atoms with Crippen molar-refractivity contribution in [1.29, 1.82) is 0 Å². The van der Waals surface area contributed by atoms with E-state index in [1.165, 1.54) is 12.7 Å². The molecule has 0 aliphatic rings. The van der Waals surface area contributed by atoms with E-state index in [0.717, 1.165) is 10.9 Å². The van der Waals surface area contributed by atoms with Crippen LogP contribution in [0.3, 0.4) is 0 Å². The molecule has 1 aromatic rings. The fourth-order valence-corrected chi connectivity index (χ4v) is 1.69. The summed E-state index contributed by atoms with van der Waals surface area (Å²) < 4.78 is 4.55. The lowest BCUT2D eigenvalue weighted by molar-refractivity contribution is -0.139. The van der Waals surface area contributed by atoms with Gasteiger partial charge in [-0.3, -0.25) is 4.79 Å². The highest BCUT2D eigenvalue weighted by Crippen LogP contribution is 2.14. The van der Waals surface area contributed by atoms with Crippen molar-refractivity contribution in [3.8, 4) is 0 Å². The summed E-state index contributed by atoms with van der Waals surface area (Å²) >= 11 is 3.42. The Balaban J connectivity index is 2.67. The minimum Gasteiger partial charge on any atom is -0.469 e. The van der Waals surface area contributed by atoms with Gasteiger partial charge in [-0.25, -0.2) is 0 Å². The number of hydrogen-bond donors (Lipinski definition) is 0. The molecule has 0 amide bonds. The van der Waals surface area contributed by atoms with E-state index in [9.17, 15) is 4.79 Å². The molecule has 0 spiro atoms. The highest BCUT2D eigenvalue weighted by Gasteiger charge is 1.97. The van der Waals surface area contributed by atoms with Gasteiger partial charge in [-0.15, -0.1) is 0 Å². The zero-order valence-corrected chi connectivity index (χ0v) is 10.2. The molecule has 0 atom stereocenters. The normalized spacial score (nSPS) is 10.5. The summed E-state index contributed by atoms with van der Waals surface area (Å²) in [5.74, 6) is -0.220. The number of hydrogen-bond acceptors (Lipinski definition) is 2. The summed E-state index contributed by atoms with van der Waals surface area (Å²) in [5, 5.41) is 0.811. The van der Waals surface area contributed by atoms with Gasteiger partial charge in [0.2, 0.25) is 0 Å². The monoisotopic (exact) mass is 268 g/mol. The van der Waals surface area contributed by atoms with Gasteiger partial charge in [0.1, 0.15) is 0 Å². The molecular weight excluding hydrogens is 256 g/mol. The number of ether oxygens (including phenoxy) is 1. The molecule has 80 valence electrons. The fraction of sp³-hybridized carbons (Fsp3) is 0.250. The highest BCUT2D eigenvalue weighted by atomic mass is 79.9. The van der Waals surface area contributed by atoms with Gasteiger partial charge in [-0.1, -0.05) is 52.3 Å². The predicted octanol–water partition coefficient (Wildman–Crippen LogP) is 3.16. The number of alkyl halides is 1. The Labute approximate surface area is 98.1 Å². The van der Waals surface area contributed by atoms with Crippen LogP contribution < -0.4 is 0 Å². The molecule has 15 heavy (non-hydrogen) atoms. The Kier molecular flexibility index (Phi) is 5.12. The van der Waals surface area contributed by atoms with E-state index >= 15 is 0 Å². The lowest BCUT2D eigenvalue weighted by Gasteiger charge is -2.00. The molecule has 0 saturated carbocycles. The second-order valence-electron chi connectivity index (χ2n) is 3.02. The number of halogens is 1. The molecule has 2 nitrogen and oxygen atoms in total. The molecular formula is C12H13BrO2. The maximum absolute atomic E-state index is 10.9. The van der Waals surface area contributed by atoms with E-state index in [0.29, 0.717) is 6.42 Å². The molecule has 3 heteroatoms. The Hall–Kier alpha value is -1.09. The van der Waals surface area contributed by atoms with Crippen molar-refractivity contribution in [2.24, 2.45) is 0 Å². The van der Waals surface area contributed by atoms with Crippen molar-refractivity contribution >= 4 is 28.0 Å². The third-order valence-corrected chi connectivity index (χ3v) is 2.61. The lowest BCUT2D eigenvalue weighted by atomic mass is 10.1. The van der Waals surface area contributed by atoms with E-state index in [1.807, 2.05) is 36.4 Å². The van der Waals surface area contributed by atoms with Crippen LogP contribution in [-0.4, -0.2) is 13.1 Å². The zero-order valence-electron chi connectivity index (χ0n) is 8.57. The molecule has 1 rings (SSSR count). The van der Waals surface area contributed by atoms with E-state index in [-0.39, 0.29) is 5.97 Å². The van der Waals surface area contributed by atoms with E-state index in [2.05, 4.69) is 20.7 Å². The van der Waals surface area contributed by atoms with Gasteiger partial charge in [0.05, 0.1) is 13.5 Å². The first-order valence-corrected chi connectivity index (χ1v) is 5.77. The molecule has 0 unspecified atom stereocenters. The molecule has 0 aliphatic heterocycles. The van der Waals surface area contributed by atoms with Gasteiger partial charge in [0.25, 0.3) is 0 Å². The Morgan fingerprint density at radius 3 is 2.87 bits per heavy atom. The van der Waals surface area contributed by atoms with Crippen molar-refractivity contribution in [3.63, 3.8) is 0 Å². The first kappa shape index (κ1) is 12.0. The predicted molar refractivity (Wildman–Crippen MR) is 64.7 cm³/mol. The van der Waals surface area contributed by atoms with Gasteiger partial charge in [0, 0.05) is 5.33 Å². The van der Waals surface area contributed by atoms with Gasteiger partial charge in [-0.05, 0) is 11.1 Å². The molecule has 1 aromatic carbocycles. The topological polar surface area (TPSA) is 26.3 Å². The van der Waals surface area contributed by atoms with E-state index < -0.39 is 0 Å². The minimum atomic E-state index is -0.220. The van der Waals surface area contributed by atoms with Crippen LogP contribution in [0, 0.1) is 0 Å². The summed E-state index contributed by atoms with van der Waals surface area (Å²) in [6, 6.07) is 8.04. The van der Waals surface area contributed by atoms with Crippen LogP contribution in [0.5, 0.6) is 0 Å². The quantitative estimate of drug-likeness (QED) is 0.620. The number of carbonyl (C=O) groups excluding carboxylic acids is 1. The molecule has 0 radical (unpaired) electrons. The largest absolute Gasteiger partial charge is 0.469 e. The van der Waals surface area contributed by atoms with Gasteiger partial charge >= 0.3 is 5.97 Å². The Morgan fingerprint density at radius 2 is 2.20 bits per heavy atom. The Morgan fingerprint density at radius 1 is 1.47 bits per heavy atom. The van der Waals surface area contributed by atoms with Crippen molar-refractivity contribution in [2.75, 3.05) is 7.11 Å². The maximum Gasteiger partial charge on any atom is 0.309 e. The summed E-state index contributed by atoms with van der Waals surface area (Å²) in [4.78, 5) is 10.9. The number of esters is 1. The van der Waals surface area contributed by atoms with Crippen LogP contribution in [-0.2, 0) is 14.9 Å². The van der Waals surface area contributed by atoms with Crippen LogP contribution in [0.1, 0.15) is 17.5 Å². The summed E-state index contributed by atoms with van der Waals surface area (Å²) in [6.45, 7) is 0. The van der Waals surface area contributed by atoms with E-state index in [1.54, 1.807) is 0 Å². The van der Waals surface area contributed by atoms with Crippen LogP contribution in [0.2, 0.25) is 0 Å². The Bertz CT molecular complexity index is 358.